The van der Waals surface area contributed by atoms with Crippen molar-refractivity contribution in [2.45, 2.75) is 85.4 Å². The number of hydrogen-bond acceptors (Lipinski definition) is 5. The predicted molar refractivity (Wildman–Crippen MR) is 155 cm³/mol. The van der Waals surface area contributed by atoms with Crippen molar-refractivity contribution in [2.24, 2.45) is 5.92 Å². The highest BCUT2D eigenvalue weighted by molar-refractivity contribution is 5.99. The van der Waals surface area contributed by atoms with Crippen molar-refractivity contribution < 1.29 is 23.9 Å². The van der Waals surface area contributed by atoms with Crippen LogP contribution in [-0.4, -0.2) is 48.1 Å². The van der Waals surface area contributed by atoms with E-state index in [2.05, 4.69) is 17.6 Å². The molecule has 0 bridgehead atoms. The third kappa shape index (κ3) is 9.61. The van der Waals surface area contributed by atoms with Gasteiger partial charge in [0.25, 0.3) is 5.91 Å². The molecular formula is C31H45N3O5. The van der Waals surface area contributed by atoms with Gasteiger partial charge < -0.3 is 25.0 Å². The number of alkyl carbamates (subject to hydrolysis) is 1. The van der Waals surface area contributed by atoms with E-state index < -0.39 is 23.8 Å². The lowest BCUT2D eigenvalue weighted by atomic mass is 9.97. The lowest BCUT2D eigenvalue weighted by molar-refractivity contribution is -0.141. The Morgan fingerprint density at radius 2 is 1.56 bits per heavy atom. The van der Waals surface area contributed by atoms with Crippen LogP contribution in [0.1, 0.15) is 78.5 Å². The Bertz CT molecular complexity index is 1070. The fourth-order valence-corrected chi connectivity index (χ4v) is 4.12. The number of carbonyl (C=O) groups excluding carboxylic acids is 3. The molecule has 0 radical (unpaired) electrons. The van der Waals surface area contributed by atoms with E-state index >= 15 is 0 Å². The largest absolute Gasteiger partial charge is 0.497 e. The van der Waals surface area contributed by atoms with Gasteiger partial charge in [-0.05, 0) is 74.9 Å². The molecule has 2 rings (SSSR count). The summed E-state index contributed by atoms with van der Waals surface area (Å²) in [7, 11) is 1.58. The minimum atomic E-state index is -0.904. The SMILES string of the molecule is CCCCN(C(=O)C(NC(=O)OC(C)(C)C)C(C)C)C(C(=O)Nc1ccc(OC)cc1)c1ccc(CC)cc1. The van der Waals surface area contributed by atoms with E-state index in [-0.39, 0.29) is 17.7 Å². The van der Waals surface area contributed by atoms with Crippen LogP contribution in [0.25, 0.3) is 0 Å². The molecule has 2 unspecified atom stereocenters. The molecule has 39 heavy (non-hydrogen) atoms. The summed E-state index contributed by atoms with van der Waals surface area (Å²) in [6.45, 7) is 13.5. The molecule has 0 saturated heterocycles. The van der Waals surface area contributed by atoms with Crippen LogP contribution in [0.4, 0.5) is 10.5 Å². The fraction of sp³-hybridized carbons (Fsp3) is 0.516. The molecule has 8 heteroatoms. The highest BCUT2D eigenvalue weighted by Crippen LogP contribution is 2.27. The molecule has 0 heterocycles. The molecular weight excluding hydrogens is 494 g/mol. The van der Waals surface area contributed by atoms with E-state index in [1.54, 1.807) is 57.0 Å². The highest BCUT2D eigenvalue weighted by atomic mass is 16.6. The fourth-order valence-electron chi connectivity index (χ4n) is 4.12. The van der Waals surface area contributed by atoms with Crippen LogP contribution in [0.15, 0.2) is 48.5 Å². The van der Waals surface area contributed by atoms with Crippen LogP contribution in [0.5, 0.6) is 5.75 Å². The van der Waals surface area contributed by atoms with Crippen LogP contribution < -0.4 is 15.4 Å². The zero-order valence-corrected chi connectivity index (χ0v) is 24.7. The zero-order chi connectivity index (χ0) is 29.2. The number of rotatable bonds is 12. The number of amides is 3. The molecule has 0 aliphatic carbocycles. The molecule has 2 aromatic carbocycles. The molecule has 0 aromatic heterocycles. The van der Waals surface area contributed by atoms with Crippen LogP contribution >= 0.6 is 0 Å². The molecule has 2 N–H and O–H groups in total. The molecule has 0 saturated carbocycles. The first-order valence-electron chi connectivity index (χ1n) is 13.7. The third-order valence-corrected chi connectivity index (χ3v) is 6.26. The van der Waals surface area contributed by atoms with Gasteiger partial charge in [-0.3, -0.25) is 9.59 Å². The van der Waals surface area contributed by atoms with E-state index in [4.69, 9.17) is 9.47 Å². The molecule has 8 nitrogen and oxygen atoms in total. The number of nitrogens with zero attached hydrogens (tertiary/aromatic N) is 1. The minimum Gasteiger partial charge on any atom is -0.497 e. The lowest BCUT2D eigenvalue weighted by Gasteiger charge is -2.35. The van der Waals surface area contributed by atoms with Crippen LogP contribution in [-0.2, 0) is 20.7 Å². The Morgan fingerprint density at radius 3 is 2.05 bits per heavy atom. The normalized spacial score (nSPS) is 12.8. The second-order valence-electron chi connectivity index (χ2n) is 11.0. The van der Waals surface area contributed by atoms with Crippen molar-refractivity contribution >= 4 is 23.6 Å². The molecule has 3 amide bonds. The average molecular weight is 540 g/mol. The van der Waals surface area contributed by atoms with Crippen molar-refractivity contribution in [3.05, 3.63) is 59.7 Å². The van der Waals surface area contributed by atoms with E-state index in [1.165, 1.54) is 0 Å². The van der Waals surface area contributed by atoms with E-state index in [1.807, 2.05) is 45.0 Å². The van der Waals surface area contributed by atoms with Gasteiger partial charge >= 0.3 is 6.09 Å². The molecule has 2 atom stereocenters. The Morgan fingerprint density at radius 1 is 0.949 bits per heavy atom. The molecule has 0 aliphatic rings. The van der Waals surface area contributed by atoms with Gasteiger partial charge in [-0.25, -0.2) is 4.79 Å². The first-order valence-corrected chi connectivity index (χ1v) is 13.7. The minimum absolute atomic E-state index is 0.234. The molecule has 2 aromatic rings. The average Bonchev–Trinajstić information content (AvgIpc) is 2.88. The topological polar surface area (TPSA) is 97.0 Å². The summed E-state index contributed by atoms with van der Waals surface area (Å²) in [5, 5.41) is 5.73. The van der Waals surface area contributed by atoms with Gasteiger partial charge in [0.1, 0.15) is 23.4 Å². The Labute approximate surface area is 233 Å². The summed E-state index contributed by atoms with van der Waals surface area (Å²) in [4.78, 5) is 42.3. The number of anilines is 1. The first kappa shape index (κ1) is 31.7. The number of methoxy groups -OCH3 is 1. The third-order valence-electron chi connectivity index (χ3n) is 6.26. The van der Waals surface area contributed by atoms with Gasteiger partial charge in [-0.1, -0.05) is 58.4 Å². The van der Waals surface area contributed by atoms with Crippen LogP contribution in [0, 0.1) is 5.92 Å². The second kappa shape index (κ2) is 14.6. The molecule has 0 fully saturated rings. The maximum absolute atomic E-state index is 14.1. The van der Waals surface area contributed by atoms with Gasteiger partial charge in [-0.15, -0.1) is 0 Å². The Hall–Kier alpha value is -3.55. The van der Waals surface area contributed by atoms with Gasteiger partial charge in [-0.2, -0.15) is 0 Å². The van der Waals surface area contributed by atoms with Crippen molar-refractivity contribution in [2.75, 3.05) is 19.0 Å². The molecule has 214 valence electrons. The Kier molecular flexibility index (Phi) is 11.8. The maximum atomic E-state index is 14.1. The van der Waals surface area contributed by atoms with Crippen LogP contribution in [0.3, 0.4) is 0 Å². The van der Waals surface area contributed by atoms with Gasteiger partial charge in [0.05, 0.1) is 7.11 Å². The summed E-state index contributed by atoms with van der Waals surface area (Å²) in [6.07, 6.45) is 1.72. The van der Waals surface area contributed by atoms with Crippen LogP contribution in [0.2, 0.25) is 0 Å². The lowest BCUT2D eigenvalue weighted by Crippen LogP contribution is -2.54. The molecule has 0 spiro atoms. The summed E-state index contributed by atoms with van der Waals surface area (Å²) < 4.78 is 10.7. The smallest absolute Gasteiger partial charge is 0.408 e. The standard InChI is InChI=1S/C31H45N3O5/c1-9-11-20-34(29(36)26(21(3)4)33-30(37)39-31(5,6)7)27(23-14-12-22(10-2)13-15-23)28(35)32-24-16-18-25(38-8)19-17-24/h12-19,21,26-27H,9-11,20H2,1-8H3,(H,32,35)(H,33,37). The number of unbranched alkanes of at least 4 members (excludes halogenated alkanes) is 1. The van der Waals surface area contributed by atoms with Crippen molar-refractivity contribution in [3.8, 4) is 5.75 Å². The van der Waals surface area contributed by atoms with Gasteiger partial charge in [0.15, 0.2) is 0 Å². The highest BCUT2D eigenvalue weighted by Gasteiger charge is 2.37. The molecule has 0 aliphatic heterocycles. The zero-order valence-electron chi connectivity index (χ0n) is 24.7. The summed E-state index contributed by atoms with van der Waals surface area (Å²) in [6, 6.07) is 13.0. The van der Waals surface area contributed by atoms with E-state index in [9.17, 15) is 14.4 Å². The Balaban J connectivity index is 2.50. The summed E-state index contributed by atoms with van der Waals surface area (Å²) in [5.41, 5.74) is 1.71. The number of aryl methyl sites for hydroxylation is 1. The first-order chi connectivity index (χ1) is 18.4. The number of ether oxygens (including phenoxy) is 2. The van der Waals surface area contributed by atoms with Gasteiger partial charge in [0, 0.05) is 12.2 Å². The predicted octanol–water partition coefficient (Wildman–Crippen LogP) is 6.12. The second-order valence-corrected chi connectivity index (χ2v) is 11.0. The van der Waals surface area contributed by atoms with E-state index in [0.717, 1.165) is 18.4 Å². The van der Waals surface area contributed by atoms with Crippen molar-refractivity contribution in [1.29, 1.82) is 0 Å². The number of hydrogen-bond donors (Lipinski definition) is 2. The number of carbonyl (C=O) groups is 3. The monoisotopic (exact) mass is 539 g/mol. The summed E-state index contributed by atoms with van der Waals surface area (Å²) in [5.74, 6) is -0.234. The van der Waals surface area contributed by atoms with Crippen molar-refractivity contribution in [3.63, 3.8) is 0 Å². The van der Waals surface area contributed by atoms with E-state index in [0.29, 0.717) is 30.0 Å². The number of benzene rings is 2. The summed E-state index contributed by atoms with van der Waals surface area (Å²) >= 11 is 0. The number of nitrogens with one attached hydrogen (secondary N) is 2. The van der Waals surface area contributed by atoms with Crippen molar-refractivity contribution in [1.82, 2.24) is 10.2 Å². The maximum Gasteiger partial charge on any atom is 0.408 e. The quantitative estimate of drug-likeness (QED) is 0.339. The van der Waals surface area contributed by atoms with Gasteiger partial charge in [0.2, 0.25) is 5.91 Å².